The summed E-state index contributed by atoms with van der Waals surface area (Å²) in [6.07, 6.45) is 3.90. The highest BCUT2D eigenvalue weighted by atomic mass is 14.0. The predicted molar refractivity (Wildman–Crippen MR) is 63.7 cm³/mol. The van der Waals surface area contributed by atoms with Gasteiger partial charge in [-0.05, 0) is 49.3 Å². The van der Waals surface area contributed by atoms with Gasteiger partial charge in [-0.15, -0.1) is 0 Å². The van der Waals surface area contributed by atoms with Crippen molar-refractivity contribution in [2.45, 2.75) is 47.0 Å². The topological polar surface area (TPSA) is 0 Å². The van der Waals surface area contributed by atoms with Gasteiger partial charge >= 0.3 is 0 Å². The molecule has 1 aromatic carbocycles. The maximum absolute atomic E-state index is 2.33. The summed E-state index contributed by atoms with van der Waals surface area (Å²) in [5, 5.41) is 0. The Morgan fingerprint density at radius 1 is 1.07 bits per heavy atom. The van der Waals surface area contributed by atoms with Crippen molar-refractivity contribution in [1.29, 1.82) is 0 Å². The minimum absolute atomic E-state index is 0.835. The zero-order chi connectivity index (χ0) is 10.6. The van der Waals surface area contributed by atoms with Gasteiger partial charge in [0, 0.05) is 0 Å². The first-order valence-electron chi connectivity index (χ1n) is 5.65. The van der Waals surface area contributed by atoms with Gasteiger partial charge in [0.25, 0.3) is 0 Å². The molecule has 0 unspecified atom stereocenters. The predicted octanol–water partition coefficient (Wildman–Crippen LogP) is 4.28. The van der Waals surface area contributed by atoms with Gasteiger partial charge in [-0.3, -0.25) is 0 Å². The Hall–Kier alpha value is -0.780. The van der Waals surface area contributed by atoms with Crippen LogP contribution >= 0.6 is 0 Å². The first-order chi connectivity index (χ1) is 6.59. The maximum Gasteiger partial charge on any atom is -0.0279 e. The molecule has 0 atom stereocenters. The van der Waals surface area contributed by atoms with E-state index in [0.29, 0.717) is 0 Å². The van der Waals surface area contributed by atoms with Crippen LogP contribution < -0.4 is 0 Å². The Bertz CT molecular complexity index is 284. The van der Waals surface area contributed by atoms with Crippen LogP contribution in [0.3, 0.4) is 0 Å². The summed E-state index contributed by atoms with van der Waals surface area (Å²) in [4.78, 5) is 0. The Kier molecular flexibility index (Phi) is 4.19. The van der Waals surface area contributed by atoms with Crippen LogP contribution in [0.1, 0.15) is 43.4 Å². The van der Waals surface area contributed by atoms with E-state index in [1.165, 1.54) is 36.0 Å². The third-order valence-electron chi connectivity index (χ3n) is 2.82. The molecule has 0 bridgehead atoms. The van der Waals surface area contributed by atoms with Gasteiger partial charge < -0.3 is 0 Å². The van der Waals surface area contributed by atoms with Gasteiger partial charge in [0.2, 0.25) is 0 Å². The molecule has 0 heterocycles. The summed E-state index contributed by atoms with van der Waals surface area (Å²) in [7, 11) is 0. The van der Waals surface area contributed by atoms with Crippen molar-refractivity contribution in [3.05, 3.63) is 34.9 Å². The van der Waals surface area contributed by atoms with Crippen molar-refractivity contribution in [2.75, 3.05) is 0 Å². The SMILES string of the molecule is Cc1ccc(CCCC(C)C)cc1C. The van der Waals surface area contributed by atoms with Crippen molar-refractivity contribution < 1.29 is 0 Å². The van der Waals surface area contributed by atoms with E-state index in [0.717, 1.165) is 5.92 Å². The number of aryl methyl sites for hydroxylation is 3. The first-order valence-corrected chi connectivity index (χ1v) is 5.65. The smallest absolute Gasteiger partial charge is 0.0279 e. The van der Waals surface area contributed by atoms with Gasteiger partial charge in [0.15, 0.2) is 0 Å². The molecule has 14 heavy (non-hydrogen) atoms. The molecule has 1 rings (SSSR count). The van der Waals surface area contributed by atoms with Gasteiger partial charge in [-0.1, -0.05) is 38.5 Å². The van der Waals surface area contributed by atoms with Crippen LogP contribution in [0, 0.1) is 19.8 Å². The van der Waals surface area contributed by atoms with Crippen molar-refractivity contribution in [3.63, 3.8) is 0 Å². The fourth-order valence-corrected chi connectivity index (χ4v) is 1.67. The molecule has 0 amide bonds. The molecular weight excluding hydrogens is 168 g/mol. The molecule has 0 radical (unpaired) electrons. The minimum Gasteiger partial charge on any atom is -0.0628 e. The Balaban J connectivity index is 2.47. The van der Waals surface area contributed by atoms with Crippen molar-refractivity contribution in [1.82, 2.24) is 0 Å². The largest absolute Gasteiger partial charge is 0.0628 e. The average molecular weight is 190 g/mol. The third kappa shape index (κ3) is 3.53. The summed E-state index contributed by atoms with van der Waals surface area (Å²) in [5.74, 6) is 0.835. The second-order valence-electron chi connectivity index (χ2n) is 4.70. The monoisotopic (exact) mass is 190 g/mol. The molecule has 0 aliphatic heterocycles. The van der Waals surface area contributed by atoms with E-state index in [9.17, 15) is 0 Å². The quantitative estimate of drug-likeness (QED) is 0.664. The average Bonchev–Trinajstić information content (AvgIpc) is 2.10. The molecule has 0 aliphatic rings. The van der Waals surface area contributed by atoms with Gasteiger partial charge in [0.1, 0.15) is 0 Å². The first kappa shape index (κ1) is 11.3. The highest BCUT2D eigenvalue weighted by molar-refractivity contribution is 5.29. The van der Waals surface area contributed by atoms with Crippen LogP contribution in [-0.2, 0) is 6.42 Å². The zero-order valence-corrected chi connectivity index (χ0v) is 9.93. The van der Waals surface area contributed by atoms with Gasteiger partial charge in [-0.2, -0.15) is 0 Å². The van der Waals surface area contributed by atoms with Crippen LogP contribution in [0.4, 0.5) is 0 Å². The third-order valence-corrected chi connectivity index (χ3v) is 2.82. The lowest BCUT2D eigenvalue weighted by Crippen LogP contribution is -1.92. The van der Waals surface area contributed by atoms with Crippen molar-refractivity contribution >= 4 is 0 Å². The molecule has 0 fully saturated rings. The summed E-state index contributed by atoms with van der Waals surface area (Å²) in [6, 6.07) is 6.83. The summed E-state index contributed by atoms with van der Waals surface area (Å²) in [6.45, 7) is 8.95. The molecule has 0 N–H and O–H groups in total. The van der Waals surface area contributed by atoms with Crippen molar-refractivity contribution in [2.24, 2.45) is 5.92 Å². The zero-order valence-electron chi connectivity index (χ0n) is 9.93. The van der Waals surface area contributed by atoms with Crippen LogP contribution in [0.5, 0.6) is 0 Å². The molecule has 0 nitrogen and oxygen atoms in total. The normalized spacial score (nSPS) is 10.9. The molecule has 0 aliphatic carbocycles. The van der Waals surface area contributed by atoms with Gasteiger partial charge in [0.05, 0.1) is 0 Å². The fraction of sp³-hybridized carbons (Fsp3) is 0.571. The lowest BCUT2D eigenvalue weighted by Gasteiger charge is -2.06. The molecule has 0 spiro atoms. The van der Waals surface area contributed by atoms with E-state index >= 15 is 0 Å². The minimum atomic E-state index is 0.835. The molecule has 0 saturated heterocycles. The summed E-state index contributed by atoms with van der Waals surface area (Å²) >= 11 is 0. The number of rotatable bonds is 4. The highest BCUT2D eigenvalue weighted by Crippen LogP contribution is 2.13. The van der Waals surface area contributed by atoms with Gasteiger partial charge in [-0.25, -0.2) is 0 Å². The van der Waals surface area contributed by atoms with E-state index in [1.807, 2.05) is 0 Å². The van der Waals surface area contributed by atoms with Crippen molar-refractivity contribution in [3.8, 4) is 0 Å². The van der Waals surface area contributed by atoms with E-state index in [1.54, 1.807) is 0 Å². The molecule has 0 aromatic heterocycles. The highest BCUT2D eigenvalue weighted by Gasteiger charge is 1.98. The summed E-state index contributed by atoms with van der Waals surface area (Å²) < 4.78 is 0. The standard InChI is InChI=1S/C14H22/c1-11(2)6-5-7-14-9-8-12(3)13(4)10-14/h8-11H,5-7H2,1-4H3. The van der Waals surface area contributed by atoms with E-state index in [-0.39, 0.29) is 0 Å². The van der Waals surface area contributed by atoms with Crippen LogP contribution in [0.15, 0.2) is 18.2 Å². The molecule has 1 aromatic rings. The lowest BCUT2D eigenvalue weighted by atomic mass is 10.00. The molecule has 0 heteroatoms. The molecule has 0 saturated carbocycles. The second-order valence-corrected chi connectivity index (χ2v) is 4.70. The molecular formula is C14H22. The number of benzene rings is 1. The number of hydrogen-bond acceptors (Lipinski definition) is 0. The maximum atomic E-state index is 2.33. The Labute approximate surface area is 88.4 Å². The molecule has 78 valence electrons. The number of hydrogen-bond donors (Lipinski definition) is 0. The van der Waals surface area contributed by atoms with Crippen LogP contribution in [0.2, 0.25) is 0 Å². The fourth-order valence-electron chi connectivity index (χ4n) is 1.67. The van der Waals surface area contributed by atoms with E-state index in [4.69, 9.17) is 0 Å². The second kappa shape index (κ2) is 5.19. The summed E-state index contributed by atoms with van der Waals surface area (Å²) in [5.41, 5.74) is 4.32. The van der Waals surface area contributed by atoms with Crippen LogP contribution in [-0.4, -0.2) is 0 Å². The lowest BCUT2D eigenvalue weighted by molar-refractivity contribution is 0.556. The Morgan fingerprint density at radius 2 is 1.79 bits per heavy atom. The van der Waals surface area contributed by atoms with E-state index < -0.39 is 0 Å². The van der Waals surface area contributed by atoms with E-state index in [2.05, 4.69) is 45.9 Å². The Morgan fingerprint density at radius 3 is 2.36 bits per heavy atom. The van der Waals surface area contributed by atoms with Crippen LogP contribution in [0.25, 0.3) is 0 Å².